The first kappa shape index (κ1) is 10.9. The predicted octanol–water partition coefficient (Wildman–Crippen LogP) is 1.64. The molecule has 0 N–H and O–H groups in total. The molecule has 0 saturated carbocycles. The minimum absolute atomic E-state index is 0.576. The summed E-state index contributed by atoms with van der Waals surface area (Å²) in [6, 6.07) is 0. The zero-order valence-corrected chi connectivity index (χ0v) is 10.2. The van der Waals surface area contributed by atoms with Gasteiger partial charge in [0.05, 0.1) is 11.8 Å². The lowest BCUT2D eigenvalue weighted by molar-refractivity contribution is 0.525. The Morgan fingerprint density at radius 3 is 2.69 bits per heavy atom. The first-order chi connectivity index (χ1) is 7.59. The van der Waals surface area contributed by atoms with E-state index in [2.05, 4.69) is 33.7 Å². The Kier molecular flexibility index (Phi) is 2.77. The molecule has 0 atom stereocenters. The van der Waals surface area contributed by atoms with Crippen LogP contribution < -0.4 is 0 Å². The largest absolute Gasteiger partial charge is 0.313 e. The van der Waals surface area contributed by atoms with E-state index in [1.54, 1.807) is 6.33 Å². The molecule has 0 unspecified atom stereocenters. The minimum Gasteiger partial charge on any atom is -0.313 e. The molecule has 0 fully saturated rings. The van der Waals surface area contributed by atoms with Crippen LogP contribution in [0.5, 0.6) is 0 Å². The van der Waals surface area contributed by atoms with Crippen LogP contribution in [0.2, 0.25) is 0 Å². The fourth-order valence-electron chi connectivity index (χ4n) is 1.71. The van der Waals surface area contributed by atoms with Crippen LogP contribution in [-0.4, -0.2) is 24.5 Å². The first-order valence-electron chi connectivity index (χ1n) is 5.46. The third kappa shape index (κ3) is 1.85. The summed E-state index contributed by atoms with van der Waals surface area (Å²) in [6.45, 7) is 7.33. The maximum atomic E-state index is 4.23. The topological polar surface area (TPSA) is 48.5 Å². The van der Waals surface area contributed by atoms with Gasteiger partial charge in [-0.3, -0.25) is 4.68 Å². The van der Waals surface area contributed by atoms with Crippen LogP contribution in [0.15, 0.2) is 12.5 Å². The van der Waals surface area contributed by atoms with E-state index in [1.807, 2.05) is 24.9 Å². The summed E-state index contributed by atoms with van der Waals surface area (Å²) in [6.07, 6.45) is 3.62. The van der Waals surface area contributed by atoms with Crippen molar-refractivity contribution in [1.82, 2.24) is 24.5 Å². The number of aryl methyl sites for hydroxylation is 1. The van der Waals surface area contributed by atoms with Gasteiger partial charge >= 0.3 is 0 Å². The highest BCUT2D eigenvalue weighted by atomic mass is 15.3. The molecule has 2 aromatic rings. The van der Waals surface area contributed by atoms with Crippen LogP contribution in [0.4, 0.5) is 0 Å². The Balaban J connectivity index is 2.41. The number of rotatable bonds is 3. The fourth-order valence-corrected chi connectivity index (χ4v) is 1.71. The molecule has 16 heavy (non-hydrogen) atoms. The highest BCUT2D eigenvalue weighted by molar-refractivity contribution is 5.56. The van der Waals surface area contributed by atoms with Crippen molar-refractivity contribution in [3.8, 4) is 11.4 Å². The van der Waals surface area contributed by atoms with Crippen LogP contribution in [0.3, 0.4) is 0 Å². The van der Waals surface area contributed by atoms with Gasteiger partial charge in [0.25, 0.3) is 0 Å². The molecular formula is C11H17N5. The second kappa shape index (κ2) is 4.08. The van der Waals surface area contributed by atoms with E-state index < -0.39 is 0 Å². The molecule has 5 heteroatoms. The van der Waals surface area contributed by atoms with Crippen LogP contribution in [0, 0.1) is 12.8 Å². The Morgan fingerprint density at radius 1 is 1.38 bits per heavy atom. The number of hydrogen-bond acceptors (Lipinski definition) is 3. The van der Waals surface area contributed by atoms with Crippen molar-refractivity contribution in [2.45, 2.75) is 27.3 Å². The van der Waals surface area contributed by atoms with Gasteiger partial charge in [-0.2, -0.15) is 5.10 Å². The maximum Gasteiger partial charge on any atom is 0.167 e. The molecule has 0 aromatic carbocycles. The molecule has 86 valence electrons. The molecule has 0 amide bonds. The first-order valence-corrected chi connectivity index (χ1v) is 5.46. The van der Waals surface area contributed by atoms with Gasteiger partial charge in [-0.25, -0.2) is 0 Å². The molecule has 2 heterocycles. The average molecular weight is 219 g/mol. The lowest BCUT2D eigenvalue weighted by atomic mass is 10.2. The van der Waals surface area contributed by atoms with Gasteiger partial charge in [-0.05, 0) is 12.8 Å². The Bertz CT molecular complexity index is 480. The Hall–Kier alpha value is -1.65. The SMILES string of the molecule is Cc1c(-c2nncn2CC(C)C)cnn1C. The van der Waals surface area contributed by atoms with Crippen LogP contribution >= 0.6 is 0 Å². The predicted molar refractivity (Wildman–Crippen MR) is 61.8 cm³/mol. The molecule has 5 nitrogen and oxygen atoms in total. The van der Waals surface area contributed by atoms with E-state index in [9.17, 15) is 0 Å². The van der Waals surface area contributed by atoms with Gasteiger partial charge in [0.15, 0.2) is 5.82 Å². The van der Waals surface area contributed by atoms with Gasteiger partial charge in [0.2, 0.25) is 0 Å². The minimum atomic E-state index is 0.576. The van der Waals surface area contributed by atoms with Gasteiger partial charge in [0, 0.05) is 19.3 Å². The average Bonchev–Trinajstić information content (AvgIpc) is 2.76. The zero-order chi connectivity index (χ0) is 11.7. The molecule has 0 radical (unpaired) electrons. The summed E-state index contributed by atoms with van der Waals surface area (Å²) in [5, 5.41) is 12.4. The van der Waals surface area contributed by atoms with Crippen LogP contribution in [0.25, 0.3) is 11.4 Å². The lowest BCUT2D eigenvalue weighted by Gasteiger charge is -2.08. The van der Waals surface area contributed by atoms with Gasteiger partial charge in [0.1, 0.15) is 6.33 Å². The summed E-state index contributed by atoms with van der Waals surface area (Å²) in [4.78, 5) is 0. The van der Waals surface area contributed by atoms with Crippen LogP contribution in [-0.2, 0) is 13.6 Å². The molecule has 0 aliphatic heterocycles. The third-order valence-corrected chi connectivity index (χ3v) is 2.65. The van der Waals surface area contributed by atoms with Crippen molar-refractivity contribution in [3.63, 3.8) is 0 Å². The second-order valence-electron chi connectivity index (χ2n) is 4.47. The standard InChI is InChI=1S/C11H17N5/c1-8(2)6-16-7-12-14-11(16)10-5-13-15(4)9(10)3/h5,7-8H,6H2,1-4H3. The molecular weight excluding hydrogens is 202 g/mol. The molecule has 0 aliphatic rings. The monoisotopic (exact) mass is 219 g/mol. The van der Waals surface area contributed by atoms with E-state index in [1.165, 1.54) is 0 Å². The Morgan fingerprint density at radius 2 is 2.12 bits per heavy atom. The van der Waals surface area contributed by atoms with E-state index in [0.717, 1.165) is 23.6 Å². The molecule has 2 aromatic heterocycles. The summed E-state index contributed by atoms with van der Waals surface area (Å²) in [5.41, 5.74) is 2.17. The number of aromatic nitrogens is 5. The zero-order valence-electron chi connectivity index (χ0n) is 10.2. The quantitative estimate of drug-likeness (QED) is 0.788. The van der Waals surface area contributed by atoms with Crippen molar-refractivity contribution >= 4 is 0 Å². The smallest absolute Gasteiger partial charge is 0.167 e. The van der Waals surface area contributed by atoms with Crippen LogP contribution in [0.1, 0.15) is 19.5 Å². The van der Waals surface area contributed by atoms with Crippen molar-refractivity contribution in [2.75, 3.05) is 0 Å². The highest BCUT2D eigenvalue weighted by Gasteiger charge is 2.13. The summed E-state index contributed by atoms with van der Waals surface area (Å²) < 4.78 is 3.93. The summed E-state index contributed by atoms with van der Waals surface area (Å²) in [5.74, 6) is 1.48. The summed E-state index contributed by atoms with van der Waals surface area (Å²) in [7, 11) is 1.93. The molecule has 0 spiro atoms. The molecule has 0 aliphatic carbocycles. The van der Waals surface area contributed by atoms with E-state index >= 15 is 0 Å². The molecule has 0 saturated heterocycles. The highest BCUT2D eigenvalue weighted by Crippen LogP contribution is 2.20. The summed E-state index contributed by atoms with van der Waals surface area (Å²) >= 11 is 0. The van der Waals surface area contributed by atoms with E-state index in [4.69, 9.17) is 0 Å². The van der Waals surface area contributed by atoms with Crippen molar-refractivity contribution < 1.29 is 0 Å². The normalized spacial score (nSPS) is 11.3. The van der Waals surface area contributed by atoms with Gasteiger partial charge in [-0.15, -0.1) is 10.2 Å². The maximum absolute atomic E-state index is 4.23. The fraction of sp³-hybridized carbons (Fsp3) is 0.545. The lowest BCUT2D eigenvalue weighted by Crippen LogP contribution is -2.05. The van der Waals surface area contributed by atoms with E-state index in [-0.39, 0.29) is 0 Å². The van der Waals surface area contributed by atoms with Crippen molar-refractivity contribution in [3.05, 3.63) is 18.2 Å². The van der Waals surface area contributed by atoms with Gasteiger partial charge in [-0.1, -0.05) is 13.8 Å². The van der Waals surface area contributed by atoms with Gasteiger partial charge < -0.3 is 4.57 Å². The van der Waals surface area contributed by atoms with Crippen molar-refractivity contribution in [1.29, 1.82) is 0 Å². The Labute approximate surface area is 95.1 Å². The van der Waals surface area contributed by atoms with E-state index in [0.29, 0.717) is 5.92 Å². The number of nitrogens with zero attached hydrogens (tertiary/aromatic N) is 5. The molecule has 0 bridgehead atoms. The second-order valence-corrected chi connectivity index (χ2v) is 4.47. The van der Waals surface area contributed by atoms with Crippen molar-refractivity contribution in [2.24, 2.45) is 13.0 Å². The third-order valence-electron chi connectivity index (χ3n) is 2.65. The molecule has 2 rings (SSSR count). The number of hydrogen-bond donors (Lipinski definition) is 0.